The number of rotatable bonds is 5. The lowest BCUT2D eigenvalue weighted by molar-refractivity contribution is 0.400. The van der Waals surface area contributed by atoms with Crippen molar-refractivity contribution in [3.63, 3.8) is 0 Å². The van der Waals surface area contributed by atoms with Gasteiger partial charge in [0, 0.05) is 11.6 Å². The number of nitrogens with one attached hydrogen (secondary N) is 1. The fourth-order valence-corrected chi connectivity index (χ4v) is 2.61. The molecule has 0 saturated heterocycles. The zero-order valence-electron chi connectivity index (χ0n) is 12.4. The van der Waals surface area contributed by atoms with Gasteiger partial charge in [0.2, 0.25) is 0 Å². The monoisotopic (exact) mass is 307 g/mol. The topological polar surface area (TPSA) is 21.3 Å². The smallest absolute Gasteiger partial charge is 0.145 e. The van der Waals surface area contributed by atoms with E-state index >= 15 is 0 Å². The third-order valence-electron chi connectivity index (χ3n) is 3.56. The van der Waals surface area contributed by atoms with Gasteiger partial charge in [-0.15, -0.1) is 0 Å². The Labute approximate surface area is 129 Å². The lowest BCUT2D eigenvalue weighted by Gasteiger charge is -2.20. The molecule has 112 valence electrons. The Balaban J connectivity index is 2.36. The Kier molecular flexibility index (Phi) is 5.21. The Morgan fingerprint density at radius 2 is 2.05 bits per heavy atom. The molecule has 0 aliphatic rings. The van der Waals surface area contributed by atoms with Gasteiger partial charge >= 0.3 is 0 Å². The molecule has 0 aromatic heterocycles. The minimum atomic E-state index is -0.356. The van der Waals surface area contributed by atoms with E-state index in [1.807, 2.05) is 26.1 Å². The number of benzene rings is 2. The number of aryl methyl sites for hydroxylation is 1. The Hall–Kier alpha value is -1.58. The van der Waals surface area contributed by atoms with Crippen molar-refractivity contribution in [2.24, 2.45) is 0 Å². The summed E-state index contributed by atoms with van der Waals surface area (Å²) in [6.07, 6.45) is 0.503. The first-order valence-electron chi connectivity index (χ1n) is 6.81. The summed E-state index contributed by atoms with van der Waals surface area (Å²) in [5.74, 6) is 0.438. The molecule has 0 bridgehead atoms. The van der Waals surface area contributed by atoms with Crippen molar-refractivity contribution in [2.45, 2.75) is 19.4 Å². The van der Waals surface area contributed by atoms with Gasteiger partial charge < -0.3 is 10.1 Å². The van der Waals surface area contributed by atoms with Crippen molar-refractivity contribution >= 4 is 11.6 Å². The number of ether oxygens (including phenoxy) is 1. The van der Waals surface area contributed by atoms with Crippen LogP contribution in [0.2, 0.25) is 5.02 Å². The Morgan fingerprint density at radius 3 is 2.71 bits per heavy atom. The zero-order valence-corrected chi connectivity index (χ0v) is 13.2. The summed E-state index contributed by atoms with van der Waals surface area (Å²) >= 11 is 5.85. The highest BCUT2D eigenvalue weighted by Crippen LogP contribution is 2.30. The van der Waals surface area contributed by atoms with Gasteiger partial charge in [0.1, 0.15) is 11.6 Å². The standard InChI is InChI=1S/C17H19ClFNO/c1-11-7-8-16(21-3)13(9-11)15(20-2)10-12-5-4-6-14(18)17(12)19/h4-9,15,20H,10H2,1-3H3. The van der Waals surface area contributed by atoms with Crippen molar-refractivity contribution in [3.8, 4) is 5.75 Å². The maximum atomic E-state index is 14.1. The zero-order chi connectivity index (χ0) is 15.4. The predicted molar refractivity (Wildman–Crippen MR) is 84.6 cm³/mol. The number of hydrogen-bond donors (Lipinski definition) is 1. The van der Waals surface area contributed by atoms with Crippen LogP contribution in [0.15, 0.2) is 36.4 Å². The Bertz CT molecular complexity index is 630. The van der Waals surface area contributed by atoms with Gasteiger partial charge in [-0.2, -0.15) is 0 Å². The quantitative estimate of drug-likeness (QED) is 0.889. The highest BCUT2D eigenvalue weighted by Gasteiger charge is 2.18. The second-order valence-electron chi connectivity index (χ2n) is 5.00. The van der Waals surface area contributed by atoms with E-state index in [0.29, 0.717) is 12.0 Å². The minimum Gasteiger partial charge on any atom is -0.496 e. The summed E-state index contributed by atoms with van der Waals surface area (Å²) < 4.78 is 19.5. The summed E-state index contributed by atoms with van der Waals surface area (Å²) in [4.78, 5) is 0. The van der Waals surface area contributed by atoms with Crippen LogP contribution in [0.3, 0.4) is 0 Å². The van der Waals surface area contributed by atoms with Gasteiger partial charge in [0.05, 0.1) is 12.1 Å². The van der Waals surface area contributed by atoms with Gasteiger partial charge in [-0.1, -0.05) is 41.4 Å². The largest absolute Gasteiger partial charge is 0.496 e. The number of hydrogen-bond acceptors (Lipinski definition) is 2. The van der Waals surface area contributed by atoms with E-state index in [9.17, 15) is 4.39 Å². The van der Waals surface area contributed by atoms with Crippen molar-refractivity contribution < 1.29 is 9.13 Å². The molecule has 21 heavy (non-hydrogen) atoms. The van der Waals surface area contributed by atoms with Gasteiger partial charge in [-0.25, -0.2) is 4.39 Å². The summed E-state index contributed by atoms with van der Waals surface area (Å²) in [6, 6.07) is 11.0. The first-order chi connectivity index (χ1) is 10.1. The van der Waals surface area contributed by atoms with E-state index in [0.717, 1.165) is 16.9 Å². The van der Waals surface area contributed by atoms with Crippen LogP contribution in [0.4, 0.5) is 4.39 Å². The average Bonchev–Trinajstić information content (AvgIpc) is 2.49. The molecule has 0 spiro atoms. The molecule has 2 nitrogen and oxygen atoms in total. The Morgan fingerprint density at radius 1 is 1.29 bits per heavy atom. The van der Waals surface area contributed by atoms with Gasteiger partial charge in [0.25, 0.3) is 0 Å². The highest BCUT2D eigenvalue weighted by molar-refractivity contribution is 6.30. The van der Waals surface area contributed by atoms with Crippen LogP contribution in [0, 0.1) is 12.7 Å². The summed E-state index contributed by atoms with van der Waals surface area (Å²) in [6.45, 7) is 2.02. The van der Waals surface area contributed by atoms with E-state index in [-0.39, 0.29) is 16.9 Å². The van der Waals surface area contributed by atoms with Crippen LogP contribution >= 0.6 is 11.6 Å². The van der Waals surface area contributed by atoms with E-state index in [2.05, 4.69) is 11.4 Å². The molecular formula is C17H19ClFNO. The molecule has 1 atom stereocenters. The fraction of sp³-hybridized carbons (Fsp3) is 0.294. The first-order valence-corrected chi connectivity index (χ1v) is 7.19. The molecule has 1 N–H and O–H groups in total. The fourth-order valence-electron chi connectivity index (χ4n) is 2.42. The minimum absolute atomic E-state index is 0.0483. The van der Waals surface area contributed by atoms with Gasteiger partial charge in [-0.3, -0.25) is 0 Å². The maximum Gasteiger partial charge on any atom is 0.145 e. The van der Waals surface area contributed by atoms with Gasteiger partial charge in [0.15, 0.2) is 0 Å². The molecular weight excluding hydrogens is 289 g/mol. The lowest BCUT2D eigenvalue weighted by Crippen LogP contribution is -2.20. The molecule has 0 aliphatic heterocycles. The number of likely N-dealkylation sites (N-methyl/N-ethyl adjacent to an activating group) is 1. The van der Waals surface area contributed by atoms with Crippen LogP contribution in [0.5, 0.6) is 5.75 Å². The average molecular weight is 308 g/mol. The maximum absolute atomic E-state index is 14.1. The number of halogens is 2. The first kappa shape index (κ1) is 15.8. The van der Waals surface area contributed by atoms with Crippen molar-refractivity contribution in [1.29, 1.82) is 0 Å². The van der Waals surface area contributed by atoms with Crippen molar-refractivity contribution in [1.82, 2.24) is 5.32 Å². The predicted octanol–water partition coefficient (Wildman–Crippen LogP) is 4.30. The van der Waals surface area contributed by atoms with E-state index in [1.165, 1.54) is 0 Å². The van der Waals surface area contributed by atoms with Crippen LogP contribution in [0.1, 0.15) is 22.7 Å². The highest BCUT2D eigenvalue weighted by atomic mass is 35.5. The molecule has 1 unspecified atom stereocenters. The van der Waals surface area contributed by atoms with E-state index in [1.54, 1.807) is 25.3 Å². The summed E-state index contributed by atoms with van der Waals surface area (Å²) in [5, 5.41) is 3.38. The lowest BCUT2D eigenvalue weighted by atomic mass is 9.96. The molecule has 0 heterocycles. The van der Waals surface area contributed by atoms with E-state index < -0.39 is 0 Å². The van der Waals surface area contributed by atoms with Crippen LogP contribution in [0.25, 0.3) is 0 Å². The van der Waals surface area contributed by atoms with Crippen LogP contribution in [-0.4, -0.2) is 14.2 Å². The summed E-state index contributed by atoms with van der Waals surface area (Å²) in [5.41, 5.74) is 2.74. The second-order valence-corrected chi connectivity index (χ2v) is 5.41. The van der Waals surface area contributed by atoms with Crippen LogP contribution in [-0.2, 0) is 6.42 Å². The normalized spacial score (nSPS) is 12.2. The molecule has 0 fully saturated rings. The molecule has 0 aliphatic carbocycles. The molecule has 2 rings (SSSR count). The molecule has 4 heteroatoms. The summed E-state index contributed by atoms with van der Waals surface area (Å²) in [7, 11) is 3.50. The SMILES string of the molecule is CNC(Cc1cccc(Cl)c1F)c1cc(C)ccc1OC. The third-order valence-corrected chi connectivity index (χ3v) is 3.86. The van der Waals surface area contributed by atoms with Gasteiger partial charge in [-0.05, 0) is 38.1 Å². The molecule has 0 radical (unpaired) electrons. The number of methoxy groups -OCH3 is 1. The third kappa shape index (κ3) is 3.55. The van der Waals surface area contributed by atoms with Crippen molar-refractivity contribution in [3.05, 3.63) is 63.9 Å². The molecule has 2 aromatic rings. The van der Waals surface area contributed by atoms with Crippen LogP contribution < -0.4 is 10.1 Å². The molecule has 0 amide bonds. The van der Waals surface area contributed by atoms with Crippen molar-refractivity contribution in [2.75, 3.05) is 14.2 Å². The molecule has 2 aromatic carbocycles. The second kappa shape index (κ2) is 6.92. The van der Waals surface area contributed by atoms with E-state index in [4.69, 9.17) is 16.3 Å². The molecule has 0 saturated carbocycles.